The summed E-state index contributed by atoms with van der Waals surface area (Å²) in [7, 11) is 1.60. The lowest BCUT2D eigenvalue weighted by molar-refractivity contribution is -0.386. The number of nitro groups is 1. The Kier molecular flexibility index (Phi) is 6.09. The number of aryl methyl sites for hydroxylation is 1. The van der Waals surface area contributed by atoms with Gasteiger partial charge in [0.1, 0.15) is 22.9 Å². The number of hydrogen-bond donors (Lipinski definition) is 1. The van der Waals surface area contributed by atoms with Gasteiger partial charge in [0, 0.05) is 17.7 Å². The molecule has 2 atom stereocenters. The first-order valence-corrected chi connectivity index (χ1v) is 12.4. The summed E-state index contributed by atoms with van der Waals surface area (Å²) in [4.78, 5) is 29.6. The van der Waals surface area contributed by atoms with Crippen molar-refractivity contribution in [3.05, 3.63) is 75.1 Å². The number of para-hydroxylation sites is 2. The monoisotopic (exact) mass is 501 g/mol. The Labute approximate surface area is 215 Å². The molecule has 2 aliphatic rings. The van der Waals surface area contributed by atoms with Crippen molar-refractivity contribution in [1.29, 1.82) is 0 Å². The van der Waals surface area contributed by atoms with Gasteiger partial charge in [-0.1, -0.05) is 32.0 Å². The van der Waals surface area contributed by atoms with Gasteiger partial charge < -0.3 is 10.1 Å². The van der Waals surface area contributed by atoms with E-state index in [1.54, 1.807) is 25.6 Å². The number of nitrogens with zero attached hydrogens (tertiary/aromatic N) is 4. The maximum Gasteiger partial charge on any atom is 0.312 e. The van der Waals surface area contributed by atoms with Crippen molar-refractivity contribution >= 4 is 28.6 Å². The summed E-state index contributed by atoms with van der Waals surface area (Å²) in [6.07, 6.45) is 1.23. The second-order valence-electron chi connectivity index (χ2n) is 10.7. The van der Waals surface area contributed by atoms with Gasteiger partial charge >= 0.3 is 5.69 Å². The van der Waals surface area contributed by atoms with Crippen LogP contribution in [0.25, 0.3) is 0 Å². The molecule has 192 valence electrons. The van der Waals surface area contributed by atoms with Crippen LogP contribution in [0.2, 0.25) is 0 Å². The molecule has 1 aromatic heterocycles. The lowest BCUT2D eigenvalue weighted by Crippen LogP contribution is -2.42. The van der Waals surface area contributed by atoms with E-state index < -0.39 is 10.8 Å². The maximum absolute atomic E-state index is 13.6. The van der Waals surface area contributed by atoms with Crippen molar-refractivity contribution in [1.82, 2.24) is 9.78 Å². The topological polar surface area (TPSA) is 112 Å². The van der Waals surface area contributed by atoms with Crippen LogP contribution in [-0.4, -0.2) is 33.3 Å². The highest BCUT2D eigenvalue weighted by Gasteiger charge is 2.44. The van der Waals surface area contributed by atoms with E-state index in [0.717, 1.165) is 34.6 Å². The molecule has 37 heavy (non-hydrogen) atoms. The van der Waals surface area contributed by atoms with Crippen molar-refractivity contribution in [2.75, 3.05) is 12.4 Å². The van der Waals surface area contributed by atoms with E-state index in [2.05, 4.69) is 24.3 Å². The zero-order chi connectivity index (χ0) is 26.5. The molecule has 0 saturated heterocycles. The van der Waals surface area contributed by atoms with Crippen LogP contribution in [0.15, 0.2) is 47.5 Å². The summed E-state index contributed by atoms with van der Waals surface area (Å²) >= 11 is 0. The summed E-state index contributed by atoms with van der Waals surface area (Å²) < 4.78 is 7.27. The van der Waals surface area contributed by atoms with Crippen LogP contribution >= 0.6 is 0 Å². The second kappa shape index (κ2) is 9.14. The molecular weight excluding hydrogens is 470 g/mol. The fraction of sp³-hybridized carbons (Fsp3) is 0.393. The minimum absolute atomic E-state index is 0.0217. The van der Waals surface area contributed by atoms with Gasteiger partial charge in [0.2, 0.25) is 0 Å². The molecule has 0 bridgehead atoms. The number of carbonyl (C=O) groups excluding carboxylic acids is 1. The van der Waals surface area contributed by atoms with E-state index in [1.807, 2.05) is 42.5 Å². The number of hydrogen-bond acceptors (Lipinski definition) is 7. The standard InChI is InChI=1S/C28H31N5O4/c1-16-27(33(35)36)17(2)32(31-16)15-19-12-18(10-11-24(19)37-5)26-25-22(13-28(3,4)14-23(25)34)29-20-8-6-7-9-21(20)30-26/h6-12,25-26,30H,13-15H2,1-5H3. The molecule has 1 fully saturated rings. The van der Waals surface area contributed by atoms with Crippen molar-refractivity contribution in [2.45, 2.75) is 53.1 Å². The van der Waals surface area contributed by atoms with Crippen LogP contribution in [0.3, 0.4) is 0 Å². The average Bonchev–Trinajstić information content (AvgIpc) is 3.00. The van der Waals surface area contributed by atoms with Crippen molar-refractivity contribution in [3.8, 4) is 5.75 Å². The first kappa shape index (κ1) is 24.7. The molecular formula is C28H31N5O4. The first-order chi connectivity index (χ1) is 17.6. The zero-order valence-electron chi connectivity index (χ0n) is 21.7. The Morgan fingerprint density at radius 1 is 1.19 bits per heavy atom. The van der Waals surface area contributed by atoms with E-state index in [-0.39, 0.29) is 22.9 Å². The molecule has 1 N–H and O–H groups in total. The highest BCUT2D eigenvalue weighted by molar-refractivity contribution is 6.10. The predicted molar refractivity (Wildman–Crippen MR) is 142 cm³/mol. The number of aromatic nitrogens is 2. The molecule has 1 aliphatic heterocycles. The fourth-order valence-electron chi connectivity index (χ4n) is 5.67. The Hall–Kier alpha value is -4.01. The maximum atomic E-state index is 13.6. The third-order valence-corrected chi connectivity index (χ3v) is 7.34. The molecule has 1 aliphatic carbocycles. The van der Waals surface area contributed by atoms with Gasteiger partial charge in [-0.15, -0.1) is 0 Å². The minimum Gasteiger partial charge on any atom is -0.496 e. The zero-order valence-corrected chi connectivity index (χ0v) is 21.7. The molecule has 3 aromatic rings. The van der Waals surface area contributed by atoms with Gasteiger partial charge in [-0.25, -0.2) is 0 Å². The van der Waals surface area contributed by atoms with Crippen molar-refractivity contribution in [2.24, 2.45) is 16.3 Å². The summed E-state index contributed by atoms with van der Waals surface area (Å²) in [6, 6.07) is 13.4. The quantitative estimate of drug-likeness (QED) is 0.354. The molecule has 2 unspecified atom stereocenters. The molecule has 0 radical (unpaired) electrons. The van der Waals surface area contributed by atoms with Gasteiger partial charge in [0.25, 0.3) is 0 Å². The van der Waals surface area contributed by atoms with Gasteiger partial charge in [-0.2, -0.15) is 5.10 Å². The van der Waals surface area contributed by atoms with Crippen LogP contribution in [0.5, 0.6) is 5.75 Å². The van der Waals surface area contributed by atoms with E-state index >= 15 is 0 Å². The number of ether oxygens (including phenoxy) is 1. The number of fused-ring (bicyclic) bond motifs is 2. The van der Waals surface area contributed by atoms with Gasteiger partial charge in [0.05, 0.1) is 41.9 Å². The van der Waals surface area contributed by atoms with E-state index in [0.29, 0.717) is 30.1 Å². The summed E-state index contributed by atoms with van der Waals surface area (Å²) in [5.41, 5.74) is 5.09. The number of methoxy groups -OCH3 is 1. The van der Waals surface area contributed by atoms with Crippen LogP contribution in [0.4, 0.5) is 17.1 Å². The summed E-state index contributed by atoms with van der Waals surface area (Å²) in [5, 5.41) is 19.5. The van der Waals surface area contributed by atoms with E-state index in [9.17, 15) is 14.9 Å². The summed E-state index contributed by atoms with van der Waals surface area (Å²) in [5.74, 6) is 0.432. The lowest BCUT2D eigenvalue weighted by atomic mass is 9.68. The molecule has 5 rings (SSSR count). The van der Waals surface area contributed by atoms with E-state index in [1.165, 1.54) is 0 Å². The smallest absolute Gasteiger partial charge is 0.312 e. The highest BCUT2D eigenvalue weighted by atomic mass is 16.6. The Bertz CT molecular complexity index is 1440. The molecule has 0 amide bonds. The first-order valence-electron chi connectivity index (χ1n) is 12.4. The normalized spacial score (nSPS) is 20.2. The van der Waals surface area contributed by atoms with Crippen LogP contribution in [0.1, 0.15) is 55.2 Å². The highest BCUT2D eigenvalue weighted by Crippen LogP contribution is 2.45. The van der Waals surface area contributed by atoms with Crippen LogP contribution in [0, 0.1) is 35.3 Å². The number of Topliss-reactive ketones (excluding diaryl/α,β-unsaturated/α-hetero) is 1. The SMILES string of the molecule is COc1ccc(C2Nc3ccccc3N=C3CC(C)(C)CC(=O)C32)cc1Cn1nc(C)c([N+](=O)[O-])c1C. The average molecular weight is 502 g/mol. The van der Waals surface area contributed by atoms with Gasteiger partial charge in [-0.3, -0.25) is 24.6 Å². The number of aliphatic imine (C=N–C) groups is 1. The molecule has 2 aromatic carbocycles. The fourth-order valence-corrected chi connectivity index (χ4v) is 5.67. The number of nitrogens with one attached hydrogen (secondary N) is 1. The van der Waals surface area contributed by atoms with Gasteiger partial charge in [-0.05, 0) is 55.5 Å². The van der Waals surface area contributed by atoms with Crippen molar-refractivity contribution < 1.29 is 14.5 Å². The summed E-state index contributed by atoms with van der Waals surface area (Å²) in [6.45, 7) is 7.86. The Morgan fingerprint density at radius 3 is 2.65 bits per heavy atom. The van der Waals surface area contributed by atoms with Gasteiger partial charge in [0.15, 0.2) is 0 Å². The Balaban J connectivity index is 1.59. The number of ketones is 1. The third kappa shape index (κ3) is 4.50. The molecule has 2 heterocycles. The largest absolute Gasteiger partial charge is 0.496 e. The van der Waals surface area contributed by atoms with Crippen LogP contribution in [-0.2, 0) is 11.3 Å². The predicted octanol–water partition coefficient (Wildman–Crippen LogP) is 5.71. The Morgan fingerprint density at radius 2 is 1.95 bits per heavy atom. The van der Waals surface area contributed by atoms with E-state index in [4.69, 9.17) is 9.73 Å². The second-order valence-corrected chi connectivity index (χ2v) is 10.7. The van der Waals surface area contributed by atoms with Crippen molar-refractivity contribution in [3.63, 3.8) is 0 Å². The minimum atomic E-state index is -0.397. The molecule has 0 spiro atoms. The number of carbonyl (C=O) groups is 1. The van der Waals surface area contributed by atoms with Crippen LogP contribution < -0.4 is 10.1 Å². The number of anilines is 1. The molecule has 1 saturated carbocycles. The number of benzene rings is 2. The third-order valence-electron chi connectivity index (χ3n) is 7.34. The molecule has 9 heteroatoms. The molecule has 9 nitrogen and oxygen atoms in total. The number of rotatable bonds is 5. The lowest BCUT2D eigenvalue weighted by Gasteiger charge is -2.37.